The first kappa shape index (κ1) is 16.0. The maximum atomic E-state index is 8.44. The van der Waals surface area contributed by atoms with Gasteiger partial charge in [0.25, 0.3) is 0 Å². The standard InChI is InChI=1S/CH2O3.Na.H2S/c2-1(3)4;;/h(H2,2,3,4);;1H2/q;+1;/p-1. The van der Waals surface area contributed by atoms with Gasteiger partial charge in [0.05, 0.1) is 0 Å². The van der Waals surface area contributed by atoms with Crippen LogP contribution in [0.15, 0.2) is 0 Å². The molecule has 0 aliphatic rings. The van der Waals surface area contributed by atoms with E-state index in [0.717, 1.165) is 0 Å². The largest absolute Gasteiger partial charge is 1.00 e. The number of hydrogen-bond donors (Lipinski definition) is 1. The van der Waals surface area contributed by atoms with Crippen LogP contribution < -0.4 is 34.7 Å². The minimum Gasteiger partial charge on any atom is -0.565 e. The monoisotopic (exact) mass is 118 g/mol. The molecular weight excluding hydrogens is 115 g/mol. The molecule has 0 bridgehead atoms. The third-order valence-corrected chi connectivity index (χ3v) is 0. The average Bonchev–Trinajstić information content (AvgIpc) is 0.811. The van der Waals surface area contributed by atoms with E-state index in [-0.39, 0.29) is 43.1 Å². The van der Waals surface area contributed by atoms with E-state index in [1.165, 1.54) is 0 Å². The Morgan fingerprint density at radius 2 is 1.67 bits per heavy atom. The molecule has 0 spiro atoms. The van der Waals surface area contributed by atoms with Gasteiger partial charge in [0.2, 0.25) is 6.16 Å². The Kier molecular flexibility index (Phi) is 24.3. The summed E-state index contributed by atoms with van der Waals surface area (Å²) >= 11 is 0. The summed E-state index contributed by atoms with van der Waals surface area (Å²) in [4.78, 5) is 8.44. The fourth-order valence-corrected chi connectivity index (χ4v) is 0. The summed E-state index contributed by atoms with van der Waals surface area (Å²) in [6, 6.07) is 0. The zero-order chi connectivity index (χ0) is 3.58. The van der Waals surface area contributed by atoms with Crippen molar-refractivity contribution >= 4 is 19.7 Å². The molecule has 3 nitrogen and oxygen atoms in total. The SMILES string of the molecule is O=C([O-])O.S.[Na+]. The summed E-state index contributed by atoms with van der Waals surface area (Å²) in [5, 5.41) is 15.3. The molecule has 0 heterocycles. The minimum absolute atomic E-state index is 0. The van der Waals surface area contributed by atoms with Crippen molar-refractivity contribution in [3.8, 4) is 0 Å². The van der Waals surface area contributed by atoms with Gasteiger partial charge < -0.3 is 15.0 Å². The molecule has 6 heavy (non-hydrogen) atoms. The van der Waals surface area contributed by atoms with E-state index in [0.29, 0.717) is 0 Å². The van der Waals surface area contributed by atoms with Gasteiger partial charge in [-0.3, -0.25) is 0 Å². The Morgan fingerprint density at radius 3 is 1.67 bits per heavy atom. The summed E-state index contributed by atoms with van der Waals surface area (Å²) in [5.41, 5.74) is 0. The fraction of sp³-hybridized carbons (Fsp3) is 0. The van der Waals surface area contributed by atoms with Gasteiger partial charge in [-0.15, -0.1) is 0 Å². The van der Waals surface area contributed by atoms with Gasteiger partial charge >= 0.3 is 29.6 Å². The van der Waals surface area contributed by atoms with Crippen molar-refractivity contribution in [1.82, 2.24) is 0 Å². The number of carbonyl (C=O) groups is 1. The fourth-order valence-electron chi connectivity index (χ4n) is 0. The topological polar surface area (TPSA) is 60.4 Å². The Balaban J connectivity index is -0.0000000450. The van der Waals surface area contributed by atoms with Gasteiger partial charge in [0, 0.05) is 0 Å². The predicted octanol–water partition coefficient (Wildman–Crippen LogP) is -4.00. The van der Waals surface area contributed by atoms with Crippen molar-refractivity contribution in [2.24, 2.45) is 0 Å². The van der Waals surface area contributed by atoms with E-state index in [1.807, 2.05) is 0 Å². The molecular formula is CH3NaO3S. The van der Waals surface area contributed by atoms with Crippen LogP contribution in [0, 0.1) is 0 Å². The van der Waals surface area contributed by atoms with E-state index in [4.69, 9.17) is 15.0 Å². The second-order valence-electron chi connectivity index (χ2n) is 0.266. The molecule has 1 N–H and O–H groups in total. The molecule has 0 aromatic carbocycles. The number of carboxylic acid groups (broad SMARTS) is 2. The second kappa shape index (κ2) is 9.15. The molecule has 0 atom stereocenters. The van der Waals surface area contributed by atoms with Gasteiger partial charge in [-0.2, -0.15) is 13.5 Å². The quantitative estimate of drug-likeness (QED) is 0.330. The summed E-state index contributed by atoms with van der Waals surface area (Å²) < 4.78 is 0. The minimum atomic E-state index is -2.08. The van der Waals surface area contributed by atoms with E-state index in [1.54, 1.807) is 0 Å². The molecule has 5 heteroatoms. The van der Waals surface area contributed by atoms with Crippen LogP contribution in [0.5, 0.6) is 0 Å². The maximum absolute atomic E-state index is 8.44. The summed E-state index contributed by atoms with van der Waals surface area (Å²) in [6.45, 7) is 0. The van der Waals surface area contributed by atoms with Crippen molar-refractivity contribution in [1.29, 1.82) is 0 Å². The van der Waals surface area contributed by atoms with E-state index < -0.39 is 6.16 Å². The van der Waals surface area contributed by atoms with Crippen molar-refractivity contribution in [2.75, 3.05) is 0 Å². The van der Waals surface area contributed by atoms with Crippen LogP contribution in [0.2, 0.25) is 0 Å². The maximum Gasteiger partial charge on any atom is 1.00 e. The van der Waals surface area contributed by atoms with Crippen LogP contribution in [0.3, 0.4) is 0 Å². The normalized spacial score (nSPS) is 4.00. The Hall–Kier alpha value is 0.620. The molecule has 0 aromatic rings. The van der Waals surface area contributed by atoms with Crippen LogP contribution in [0.4, 0.5) is 4.79 Å². The molecule has 0 radical (unpaired) electrons. The van der Waals surface area contributed by atoms with Gasteiger partial charge in [0.15, 0.2) is 0 Å². The van der Waals surface area contributed by atoms with E-state index >= 15 is 0 Å². The summed E-state index contributed by atoms with van der Waals surface area (Å²) in [5.74, 6) is 0. The number of rotatable bonds is 0. The molecule has 0 amide bonds. The smallest absolute Gasteiger partial charge is 0.565 e. The Bertz CT molecular complexity index is 33.8. The summed E-state index contributed by atoms with van der Waals surface area (Å²) in [6.07, 6.45) is -2.08. The molecule has 0 fully saturated rings. The van der Waals surface area contributed by atoms with Crippen LogP contribution >= 0.6 is 13.5 Å². The first-order chi connectivity index (χ1) is 1.73. The molecule has 0 saturated heterocycles. The molecule has 0 rings (SSSR count). The summed E-state index contributed by atoms with van der Waals surface area (Å²) in [7, 11) is 0. The van der Waals surface area contributed by atoms with Gasteiger partial charge in [-0.05, 0) is 0 Å². The Morgan fingerprint density at radius 1 is 1.67 bits per heavy atom. The first-order valence-electron chi connectivity index (χ1n) is 0.632. The van der Waals surface area contributed by atoms with Gasteiger partial charge in [-0.1, -0.05) is 0 Å². The van der Waals surface area contributed by atoms with Crippen molar-refractivity contribution in [3.05, 3.63) is 0 Å². The molecule has 0 saturated carbocycles. The van der Waals surface area contributed by atoms with Gasteiger partial charge in [0.1, 0.15) is 0 Å². The average molecular weight is 118 g/mol. The molecule has 0 aliphatic heterocycles. The molecule has 0 aliphatic carbocycles. The predicted molar refractivity (Wildman–Crippen MR) is 18.4 cm³/mol. The Labute approximate surface area is 64.1 Å². The third kappa shape index (κ3) is 157. The molecule has 0 unspecified atom stereocenters. The van der Waals surface area contributed by atoms with E-state index in [9.17, 15) is 0 Å². The molecule has 32 valence electrons. The first-order valence-corrected chi connectivity index (χ1v) is 0.632. The van der Waals surface area contributed by atoms with Crippen LogP contribution in [0.1, 0.15) is 0 Å². The number of hydrogen-bond acceptors (Lipinski definition) is 2. The third-order valence-electron chi connectivity index (χ3n) is 0. The zero-order valence-electron chi connectivity index (χ0n) is 3.26. The van der Waals surface area contributed by atoms with Crippen LogP contribution in [0.25, 0.3) is 0 Å². The zero-order valence-corrected chi connectivity index (χ0v) is 6.26. The van der Waals surface area contributed by atoms with Crippen LogP contribution in [-0.4, -0.2) is 11.3 Å². The van der Waals surface area contributed by atoms with Crippen LogP contribution in [-0.2, 0) is 0 Å². The van der Waals surface area contributed by atoms with Gasteiger partial charge in [-0.25, -0.2) is 0 Å². The van der Waals surface area contributed by atoms with Crippen molar-refractivity contribution in [2.45, 2.75) is 0 Å². The van der Waals surface area contributed by atoms with Crippen molar-refractivity contribution < 1.29 is 44.6 Å². The second-order valence-corrected chi connectivity index (χ2v) is 0.266. The van der Waals surface area contributed by atoms with E-state index in [2.05, 4.69) is 0 Å². The molecule has 0 aromatic heterocycles. The van der Waals surface area contributed by atoms with Crippen molar-refractivity contribution in [3.63, 3.8) is 0 Å².